The molecule has 0 unspecified atom stereocenters. The molecule has 0 radical (unpaired) electrons. The minimum atomic E-state index is -0.0837. The first-order valence-corrected chi connectivity index (χ1v) is 7.94. The fraction of sp³-hybridized carbons (Fsp3) is 0.158. The molecule has 3 heterocycles. The van der Waals surface area contributed by atoms with E-state index in [0.717, 1.165) is 35.3 Å². The summed E-state index contributed by atoms with van der Waals surface area (Å²) in [6.07, 6.45) is 7.97. The molecule has 5 nitrogen and oxygen atoms in total. The van der Waals surface area contributed by atoms with Crippen LogP contribution in [0.1, 0.15) is 24.2 Å². The van der Waals surface area contributed by atoms with E-state index >= 15 is 0 Å². The van der Waals surface area contributed by atoms with Crippen LogP contribution in [-0.4, -0.2) is 20.7 Å². The zero-order valence-corrected chi connectivity index (χ0v) is 13.1. The quantitative estimate of drug-likeness (QED) is 0.804. The molecular weight excluding hydrogens is 300 g/mol. The van der Waals surface area contributed by atoms with E-state index in [4.69, 9.17) is 0 Å². The summed E-state index contributed by atoms with van der Waals surface area (Å²) in [5, 5.41) is 0.626. The standard InChI is InChI=1S/C19H16N4O/c24-19-15-3-1-2-4-17(15)22-18(23-19)8-6-14-5-7-16(21-14)13-9-11-20-12-10-13/h1-4,7,9-12H,5-6,8H2,(H,22,23,24). The fourth-order valence-electron chi connectivity index (χ4n) is 2.86. The van der Waals surface area contributed by atoms with Crippen LogP contribution in [0.25, 0.3) is 16.6 Å². The Morgan fingerprint density at radius 2 is 1.88 bits per heavy atom. The highest BCUT2D eigenvalue weighted by atomic mass is 16.1. The normalized spacial score (nSPS) is 13.8. The number of allylic oxidation sites excluding steroid dienone is 1. The van der Waals surface area contributed by atoms with Gasteiger partial charge >= 0.3 is 0 Å². The lowest BCUT2D eigenvalue weighted by Gasteiger charge is -2.03. The van der Waals surface area contributed by atoms with Crippen LogP contribution in [-0.2, 0) is 6.42 Å². The van der Waals surface area contributed by atoms with Gasteiger partial charge in [0.05, 0.1) is 16.6 Å². The zero-order valence-electron chi connectivity index (χ0n) is 13.1. The van der Waals surface area contributed by atoms with Gasteiger partial charge < -0.3 is 4.98 Å². The Hall–Kier alpha value is -3.08. The van der Waals surface area contributed by atoms with Gasteiger partial charge in [-0.1, -0.05) is 18.2 Å². The molecule has 0 fully saturated rings. The number of hydrogen-bond donors (Lipinski definition) is 1. The van der Waals surface area contributed by atoms with Gasteiger partial charge in [0.1, 0.15) is 5.82 Å². The summed E-state index contributed by atoms with van der Waals surface area (Å²) in [6.45, 7) is 0. The number of para-hydroxylation sites is 1. The number of nitrogens with zero attached hydrogens (tertiary/aromatic N) is 3. The van der Waals surface area contributed by atoms with Crippen molar-refractivity contribution in [1.29, 1.82) is 0 Å². The summed E-state index contributed by atoms with van der Waals surface area (Å²) < 4.78 is 0. The van der Waals surface area contributed by atoms with Gasteiger partial charge in [0.25, 0.3) is 5.56 Å². The Morgan fingerprint density at radius 1 is 1.04 bits per heavy atom. The van der Waals surface area contributed by atoms with Gasteiger partial charge in [-0.3, -0.25) is 14.8 Å². The Bertz CT molecular complexity index is 1000. The van der Waals surface area contributed by atoms with Crippen LogP contribution in [0.15, 0.2) is 64.7 Å². The summed E-state index contributed by atoms with van der Waals surface area (Å²) in [4.78, 5) is 28.2. The number of aliphatic imine (C=N–C) groups is 1. The number of rotatable bonds is 4. The largest absolute Gasteiger partial charge is 0.310 e. The van der Waals surface area contributed by atoms with Crippen molar-refractivity contribution in [2.24, 2.45) is 4.99 Å². The molecule has 0 saturated carbocycles. The van der Waals surface area contributed by atoms with Gasteiger partial charge in [-0.05, 0) is 30.7 Å². The molecule has 0 bridgehead atoms. The number of benzene rings is 1. The van der Waals surface area contributed by atoms with E-state index in [1.54, 1.807) is 18.5 Å². The molecule has 1 aliphatic rings. The Kier molecular flexibility index (Phi) is 3.75. The van der Waals surface area contributed by atoms with Gasteiger partial charge in [-0.15, -0.1) is 0 Å². The van der Waals surface area contributed by atoms with Crippen LogP contribution < -0.4 is 5.56 Å². The lowest BCUT2D eigenvalue weighted by Crippen LogP contribution is -2.12. The average Bonchev–Trinajstić information content (AvgIpc) is 3.10. The highest BCUT2D eigenvalue weighted by Gasteiger charge is 2.11. The lowest BCUT2D eigenvalue weighted by molar-refractivity contribution is 0.896. The van der Waals surface area contributed by atoms with Gasteiger partial charge in [0, 0.05) is 36.5 Å². The van der Waals surface area contributed by atoms with Crippen molar-refractivity contribution in [3.63, 3.8) is 0 Å². The minimum Gasteiger partial charge on any atom is -0.310 e. The predicted molar refractivity (Wildman–Crippen MR) is 95.0 cm³/mol. The van der Waals surface area contributed by atoms with Crippen LogP contribution in [0.4, 0.5) is 0 Å². The van der Waals surface area contributed by atoms with E-state index < -0.39 is 0 Å². The second-order valence-corrected chi connectivity index (χ2v) is 5.74. The summed E-state index contributed by atoms with van der Waals surface area (Å²) in [7, 11) is 0. The van der Waals surface area contributed by atoms with E-state index in [1.165, 1.54) is 0 Å². The van der Waals surface area contributed by atoms with E-state index in [-0.39, 0.29) is 5.56 Å². The van der Waals surface area contributed by atoms with Crippen molar-refractivity contribution >= 4 is 22.3 Å². The molecule has 24 heavy (non-hydrogen) atoms. The highest BCUT2D eigenvalue weighted by molar-refractivity contribution is 5.95. The molecule has 1 aromatic carbocycles. The smallest absolute Gasteiger partial charge is 0.258 e. The van der Waals surface area contributed by atoms with Crippen molar-refractivity contribution in [1.82, 2.24) is 15.0 Å². The fourth-order valence-corrected chi connectivity index (χ4v) is 2.86. The average molecular weight is 316 g/mol. The second kappa shape index (κ2) is 6.20. The van der Waals surface area contributed by atoms with Crippen molar-refractivity contribution in [2.75, 3.05) is 0 Å². The van der Waals surface area contributed by atoms with Crippen LogP contribution >= 0.6 is 0 Å². The van der Waals surface area contributed by atoms with Crippen molar-refractivity contribution in [3.8, 4) is 0 Å². The van der Waals surface area contributed by atoms with Crippen molar-refractivity contribution < 1.29 is 0 Å². The lowest BCUT2D eigenvalue weighted by atomic mass is 10.1. The first-order chi connectivity index (χ1) is 11.8. The van der Waals surface area contributed by atoms with Gasteiger partial charge in [0.15, 0.2) is 0 Å². The third-order valence-corrected chi connectivity index (χ3v) is 4.10. The first kappa shape index (κ1) is 14.5. The zero-order chi connectivity index (χ0) is 16.4. The monoisotopic (exact) mass is 316 g/mol. The molecule has 118 valence electrons. The molecule has 0 spiro atoms. The molecule has 2 aromatic heterocycles. The van der Waals surface area contributed by atoms with Crippen LogP contribution in [0.3, 0.4) is 0 Å². The first-order valence-electron chi connectivity index (χ1n) is 7.94. The molecule has 3 aromatic rings. The maximum Gasteiger partial charge on any atom is 0.258 e. The van der Waals surface area contributed by atoms with Crippen molar-refractivity contribution in [3.05, 3.63) is 76.6 Å². The van der Waals surface area contributed by atoms with Gasteiger partial charge in [-0.2, -0.15) is 0 Å². The van der Waals surface area contributed by atoms with E-state index in [1.807, 2.05) is 30.3 Å². The number of nitrogens with one attached hydrogen (secondary N) is 1. The molecule has 0 atom stereocenters. The van der Waals surface area contributed by atoms with Crippen LogP contribution in [0, 0.1) is 0 Å². The number of aromatic nitrogens is 3. The molecule has 1 aliphatic heterocycles. The summed E-state index contributed by atoms with van der Waals surface area (Å²) in [5.41, 5.74) is 3.84. The second-order valence-electron chi connectivity index (χ2n) is 5.74. The van der Waals surface area contributed by atoms with Crippen molar-refractivity contribution in [2.45, 2.75) is 19.3 Å². The number of pyridine rings is 1. The van der Waals surface area contributed by atoms with E-state index in [0.29, 0.717) is 17.6 Å². The predicted octanol–water partition coefficient (Wildman–Crippen LogP) is 3.14. The summed E-state index contributed by atoms with van der Waals surface area (Å²) >= 11 is 0. The third kappa shape index (κ3) is 2.88. The SMILES string of the molecule is O=c1[nH]c(CCC2=NC(c3ccncc3)=CC2)nc2ccccc12. The number of H-pyrrole nitrogens is 1. The Morgan fingerprint density at radius 3 is 2.75 bits per heavy atom. The van der Waals surface area contributed by atoms with Gasteiger partial charge in [-0.25, -0.2) is 4.98 Å². The van der Waals surface area contributed by atoms with E-state index in [2.05, 4.69) is 26.0 Å². The number of aromatic amines is 1. The molecule has 0 aliphatic carbocycles. The summed E-state index contributed by atoms with van der Waals surface area (Å²) in [6, 6.07) is 11.3. The van der Waals surface area contributed by atoms with Crippen LogP contribution in [0.2, 0.25) is 0 Å². The van der Waals surface area contributed by atoms with E-state index in [9.17, 15) is 4.79 Å². The van der Waals surface area contributed by atoms with Gasteiger partial charge in [0.2, 0.25) is 0 Å². The molecule has 4 rings (SSSR count). The maximum absolute atomic E-state index is 12.1. The Labute approximate surface area is 138 Å². The third-order valence-electron chi connectivity index (χ3n) is 4.10. The number of hydrogen-bond acceptors (Lipinski definition) is 4. The topological polar surface area (TPSA) is 71.0 Å². The number of fused-ring (bicyclic) bond motifs is 1. The molecule has 1 N–H and O–H groups in total. The highest BCUT2D eigenvalue weighted by Crippen LogP contribution is 2.23. The molecular formula is C19H16N4O. The minimum absolute atomic E-state index is 0.0837. The maximum atomic E-state index is 12.1. The molecule has 0 saturated heterocycles. The molecule has 5 heteroatoms. The summed E-state index contributed by atoms with van der Waals surface area (Å²) in [5.74, 6) is 0.707. The number of aryl methyl sites for hydroxylation is 1. The molecule has 0 amide bonds. The van der Waals surface area contributed by atoms with Crippen LogP contribution in [0.5, 0.6) is 0 Å². The Balaban J connectivity index is 1.49.